The smallest absolute Gasteiger partial charge is 0.319 e. The molecule has 0 atom stereocenters. The van der Waals surface area contributed by atoms with Crippen LogP contribution in [-0.2, 0) is 0 Å². The molecular formula is C18H25N3O4. The fourth-order valence-electron chi connectivity index (χ4n) is 3.22. The highest BCUT2D eigenvalue weighted by atomic mass is 16.7. The second-order valence-electron chi connectivity index (χ2n) is 6.26. The molecule has 7 nitrogen and oxygen atoms in total. The number of urea groups is 1. The minimum Gasteiger partial charge on any atom is -0.454 e. The molecule has 1 saturated heterocycles. The summed E-state index contributed by atoms with van der Waals surface area (Å²) in [5.41, 5.74) is 0.561. The lowest BCUT2D eigenvalue weighted by molar-refractivity contribution is 0.0911. The van der Waals surface area contributed by atoms with Crippen LogP contribution >= 0.6 is 0 Å². The highest BCUT2D eigenvalue weighted by Gasteiger charge is 2.26. The molecule has 2 aliphatic heterocycles. The first-order chi connectivity index (χ1) is 12.1. The number of piperidine rings is 1. The van der Waals surface area contributed by atoms with E-state index in [0.717, 1.165) is 25.9 Å². The summed E-state index contributed by atoms with van der Waals surface area (Å²) in [6, 6.07) is 5.37. The van der Waals surface area contributed by atoms with Gasteiger partial charge >= 0.3 is 6.03 Å². The summed E-state index contributed by atoms with van der Waals surface area (Å²) < 4.78 is 10.6. The third-order valence-electron chi connectivity index (χ3n) is 4.77. The number of hydrogen-bond acceptors (Lipinski definition) is 4. The average molecular weight is 347 g/mol. The molecule has 0 unspecified atom stereocenters. The molecule has 1 aromatic carbocycles. The van der Waals surface area contributed by atoms with Gasteiger partial charge in [-0.15, -0.1) is 0 Å². The number of nitrogens with zero attached hydrogens (tertiary/aromatic N) is 2. The Balaban J connectivity index is 1.52. The summed E-state index contributed by atoms with van der Waals surface area (Å²) >= 11 is 0. The molecule has 3 amide bonds. The Bertz CT molecular complexity index is 637. The number of likely N-dealkylation sites (tertiary alicyclic amines) is 1. The van der Waals surface area contributed by atoms with Crippen LogP contribution < -0.4 is 14.8 Å². The molecule has 1 fully saturated rings. The molecule has 2 aliphatic rings. The van der Waals surface area contributed by atoms with Crippen molar-refractivity contribution in [1.29, 1.82) is 0 Å². The van der Waals surface area contributed by atoms with Crippen molar-refractivity contribution in [2.45, 2.75) is 32.7 Å². The van der Waals surface area contributed by atoms with Crippen molar-refractivity contribution in [3.63, 3.8) is 0 Å². The molecule has 1 aromatic rings. The summed E-state index contributed by atoms with van der Waals surface area (Å²) in [5.74, 6) is 1.15. The molecule has 0 aromatic heterocycles. The molecule has 2 heterocycles. The van der Waals surface area contributed by atoms with E-state index in [1.165, 1.54) is 0 Å². The lowest BCUT2D eigenvalue weighted by Gasteiger charge is -2.35. The Hall–Kier alpha value is -2.44. The number of carbonyl (C=O) groups is 2. The van der Waals surface area contributed by atoms with Gasteiger partial charge in [0.05, 0.1) is 0 Å². The first kappa shape index (κ1) is 17.4. The Labute approximate surface area is 147 Å². The van der Waals surface area contributed by atoms with Crippen LogP contribution in [0.3, 0.4) is 0 Å². The predicted octanol–water partition coefficient (Wildman–Crippen LogP) is 2.07. The fourth-order valence-corrected chi connectivity index (χ4v) is 3.22. The number of rotatable bonds is 4. The molecule has 0 radical (unpaired) electrons. The maximum atomic E-state index is 12.4. The molecule has 136 valence electrons. The summed E-state index contributed by atoms with van der Waals surface area (Å²) in [6.45, 7) is 6.94. The Morgan fingerprint density at radius 3 is 2.52 bits per heavy atom. The van der Waals surface area contributed by atoms with E-state index < -0.39 is 0 Å². The second-order valence-corrected chi connectivity index (χ2v) is 6.26. The molecule has 3 rings (SSSR count). The summed E-state index contributed by atoms with van der Waals surface area (Å²) in [4.78, 5) is 28.5. The maximum Gasteiger partial charge on any atom is 0.319 e. The minimum absolute atomic E-state index is 0.0821. The van der Waals surface area contributed by atoms with Gasteiger partial charge in [0, 0.05) is 37.8 Å². The topological polar surface area (TPSA) is 71.1 Å². The van der Waals surface area contributed by atoms with Crippen LogP contribution in [0.15, 0.2) is 18.2 Å². The Morgan fingerprint density at radius 1 is 1.16 bits per heavy atom. The number of benzene rings is 1. The van der Waals surface area contributed by atoms with Gasteiger partial charge in [0.15, 0.2) is 11.5 Å². The standard InChI is InChI=1S/C18H25N3O4/c1-3-20(4-2)18(23)21-9-7-14(8-10-21)19-17(22)13-5-6-15-16(11-13)25-12-24-15/h5-6,11,14H,3-4,7-10,12H2,1-2H3,(H,19,22). The molecule has 7 heteroatoms. The number of fused-ring (bicyclic) bond motifs is 1. The summed E-state index contributed by atoms with van der Waals surface area (Å²) in [6.07, 6.45) is 1.53. The van der Waals surface area contributed by atoms with E-state index in [0.29, 0.717) is 30.2 Å². The van der Waals surface area contributed by atoms with Gasteiger partial charge < -0.3 is 24.6 Å². The van der Waals surface area contributed by atoms with Gasteiger partial charge in [0.25, 0.3) is 5.91 Å². The van der Waals surface area contributed by atoms with Gasteiger partial charge in [-0.2, -0.15) is 0 Å². The summed E-state index contributed by atoms with van der Waals surface area (Å²) in [7, 11) is 0. The van der Waals surface area contributed by atoms with E-state index in [1.54, 1.807) is 18.2 Å². The van der Waals surface area contributed by atoms with E-state index >= 15 is 0 Å². The summed E-state index contributed by atoms with van der Waals surface area (Å²) in [5, 5.41) is 3.06. The lowest BCUT2D eigenvalue weighted by atomic mass is 10.0. The van der Waals surface area contributed by atoms with Crippen LogP contribution in [0.4, 0.5) is 4.79 Å². The number of ether oxygens (including phenoxy) is 2. The molecule has 0 saturated carbocycles. The van der Waals surface area contributed by atoms with Crippen molar-refractivity contribution in [3.8, 4) is 11.5 Å². The van der Waals surface area contributed by atoms with Gasteiger partial charge in [-0.25, -0.2) is 4.79 Å². The molecular weight excluding hydrogens is 322 g/mol. The molecule has 0 bridgehead atoms. The zero-order chi connectivity index (χ0) is 17.8. The normalized spacial score (nSPS) is 16.6. The average Bonchev–Trinajstić information content (AvgIpc) is 3.11. The quantitative estimate of drug-likeness (QED) is 0.905. The van der Waals surface area contributed by atoms with Crippen LogP contribution in [0.1, 0.15) is 37.0 Å². The predicted molar refractivity (Wildman–Crippen MR) is 92.9 cm³/mol. The van der Waals surface area contributed by atoms with Gasteiger partial charge in [-0.05, 0) is 44.9 Å². The largest absolute Gasteiger partial charge is 0.454 e. The maximum absolute atomic E-state index is 12.4. The van der Waals surface area contributed by atoms with Crippen molar-refractivity contribution >= 4 is 11.9 Å². The lowest BCUT2D eigenvalue weighted by Crippen LogP contribution is -2.50. The number of amides is 3. The van der Waals surface area contributed by atoms with Crippen molar-refractivity contribution in [2.75, 3.05) is 33.0 Å². The van der Waals surface area contributed by atoms with Crippen LogP contribution in [0.25, 0.3) is 0 Å². The van der Waals surface area contributed by atoms with E-state index in [4.69, 9.17) is 9.47 Å². The van der Waals surface area contributed by atoms with Gasteiger partial charge in [-0.3, -0.25) is 4.79 Å². The van der Waals surface area contributed by atoms with Crippen LogP contribution in [0, 0.1) is 0 Å². The second kappa shape index (κ2) is 7.63. The monoisotopic (exact) mass is 347 g/mol. The van der Waals surface area contributed by atoms with Crippen molar-refractivity contribution in [2.24, 2.45) is 0 Å². The molecule has 0 spiro atoms. The minimum atomic E-state index is -0.119. The number of nitrogens with one attached hydrogen (secondary N) is 1. The zero-order valence-electron chi connectivity index (χ0n) is 14.8. The first-order valence-electron chi connectivity index (χ1n) is 8.86. The molecule has 0 aliphatic carbocycles. The highest BCUT2D eigenvalue weighted by Crippen LogP contribution is 2.32. The van der Waals surface area contributed by atoms with Gasteiger partial charge in [0.1, 0.15) is 0 Å². The van der Waals surface area contributed by atoms with Gasteiger partial charge in [0.2, 0.25) is 6.79 Å². The van der Waals surface area contributed by atoms with Crippen molar-refractivity contribution in [3.05, 3.63) is 23.8 Å². The van der Waals surface area contributed by atoms with E-state index in [2.05, 4.69) is 5.32 Å². The molecule has 1 N–H and O–H groups in total. The van der Waals surface area contributed by atoms with Crippen LogP contribution in [-0.4, -0.2) is 60.8 Å². The van der Waals surface area contributed by atoms with E-state index in [9.17, 15) is 9.59 Å². The molecule has 25 heavy (non-hydrogen) atoms. The third kappa shape index (κ3) is 3.81. The van der Waals surface area contributed by atoms with Crippen molar-refractivity contribution < 1.29 is 19.1 Å². The highest BCUT2D eigenvalue weighted by molar-refractivity contribution is 5.95. The van der Waals surface area contributed by atoms with E-state index in [1.807, 2.05) is 23.6 Å². The third-order valence-corrected chi connectivity index (χ3v) is 4.77. The Kier molecular flexibility index (Phi) is 5.31. The van der Waals surface area contributed by atoms with E-state index in [-0.39, 0.29) is 24.8 Å². The Morgan fingerprint density at radius 2 is 1.84 bits per heavy atom. The fraction of sp³-hybridized carbons (Fsp3) is 0.556. The first-order valence-corrected chi connectivity index (χ1v) is 8.86. The SMILES string of the molecule is CCN(CC)C(=O)N1CCC(NC(=O)c2ccc3c(c2)OCO3)CC1. The van der Waals surface area contributed by atoms with Crippen LogP contribution in [0.2, 0.25) is 0 Å². The zero-order valence-corrected chi connectivity index (χ0v) is 14.8. The number of hydrogen-bond donors (Lipinski definition) is 1. The van der Waals surface area contributed by atoms with Crippen LogP contribution in [0.5, 0.6) is 11.5 Å². The number of carbonyl (C=O) groups excluding carboxylic acids is 2. The van der Waals surface area contributed by atoms with Crippen molar-refractivity contribution in [1.82, 2.24) is 15.1 Å². The van der Waals surface area contributed by atoms with Gasteiger partial charge in [-0.1, -0.05) is 0 Å².